The van der Waals surface area contributed by atoms with Crippen LogP contribution in [0.2, 0.25) is 5.02 Å². The topological polar surface area (TPSA) is 68.3 Å². The zero-order chi connectivity index (χ0) is 20.8. The minimum atomic E-state index is -4.85. The molecule has 4 rings (SSSR count). The van der Waals surface area contributed by atoms with Crippen molar-refractivity contribution in [1.29, 1.82) is 0 Å². The van der Waals surface area contributed by atoms with Crippen molar-refractivity contribution in [2.45, 2.75) is 18.6 Å². The van der Waals surface area contributed by atoms with E-state index in [0.717, 1.165) is 28.3 Å². The number of nitrogens with zero attached hydrogens (tertiary/aromatic N) is 1. The SMILES string of the molecule is CC(F)(F)S(=O)(=O)Nc1ccc(-c2csc(-c3ccc4c(c3)CCO4)n2)c(Cl)c1. The maximum Gasteiger partial charge on any atom is 0.361 e. The van der Waals surface area contributed by atoms with Crippen LogP contribution in [0.1, 0.15) is 12.5 Å². The number of hydrogen-bond donors (Lipinski definition) is 1. The molecule has 0 spiro atoms. The van der Waals surface area contributed by atoms with Crippen molar-refractivity contribution in [3.05, 3.63) is 52.4 Å². The van der Waals surface area contributed by atoms with Crippen molar-refractivity contribution < 1.29 is 21.9 Å². The highest BCUT2D eigenvalue weighted by atomic mass is 35.5. The number of ether oxygens (including phenoxy) is 1. The summed E-state index contributed by atoms with van der Waals surface area (Å²) >= 11 is 7.71. The lowest BCUT2D eigenvalue weighted by atomic mass is 10.1. The third-order valence-corrected chi connectivity index (χ3v) is 7.06. The van der Waals surface area contributed by atoms with Gasteiger partial charge in [0.15, 0.2) is 0 Å². The average Bonchev–Trinajstić information content (AvgIpc) is 3.29. The second-order valence-corrected chi connectivity index (χ2v) is 9.76. The van der Waals surface area contributed by atoms with E-state index in [2.05, 4.69) is 11.1 Å². The Kier molecular flexibility index (Phi) is 5.00. The molecule has 0 aliphatic carbocycles. The van der Waals surface area contributed by atoms with Gasteiger partial charge in [-0.1, -0.05) is 11.6 Å². The summed E-state index contributed by atoms with van der Waals surface area (Å²) in [6.45, 7) is 0.991. The van der Waals surface area contributed by atoms with Crippen LogP contribution in [0.25, 0.3) is 21.8 Å². The van der Waals surface area contributed by atoms with Crippen molar-refractivity contribution >= 4 is 38.6 Å². The second kappa shape index (κ2) is 7.23. The van der Waals surface area contributed by atoms with E-state index < -0.39 is 15.3 Å². The maximum atomic E-state index is 13.2. The highest BCUT2D eigenvalue weighted by Gasteiger charge is 2.39. The molecule has 0 bridgehead atoms. The van der Waals surface area contributed by atoms with Gasteiger partial charge in [-0.05, 0) is 42.0 Å². The largest absolute Gasteiger partial charge is 0.493 e. The van der Waals surface area contributed by atoms with Gasteiger partial charge >= 0.3 is 5.25 Å². The molecule has 1 aliphatic rings. The van der Waals surface area contributed by atoms with Crippen LogP contribution < -0.4 is 9.46 Å². The third kappa shape index (κ3) is 3.94. The van der Waals surface area contributed by atoms with Crippen LogP contribution in [-0.4, -0.2) is 25.3 Å². The first-order chi connectivity index (χ1) is 13.6. The third-order valence-electron chi connectivity index (χ3n) is 4.41. The Labute approximate surface area is 175 Å². The summed E-state index contributed by atoms with van der Waals surface area (Å²) in [4.78, 5) is 4.62. The van der Waals surface area contributed by atoms with Crippen LogP contribution in [0.5, 0.6) is 5.75 Å². The van der Waals surface area contributed by atoms with Crippen LogP contribution in [0.4, 0.5) is 14.5 Å². The van der Waals surface area contributed by atoms with Crippen LogP contribution in [0, 0.1) is 0 Å². The van der Waals surface area contributed by atoms with Crippen molar-refractivity contribution in [3.8, 4) is 27.6 Å². The molecule has 0 saturated heterocycles. The summed E-state index contributed by atoms with van der Waals surface area (Å²) < 4.78 is 56.9. The van der Waals surface area contributed by atoms with Gasteiger partial charge in [-0.3, -0.25) is 4.72 Å². The Morgan fingerprint density at radius 3 is 2.76 bits per heavy atom. The molecule has 152 valence electrons. The predicted molar refractivity (Wildman–Crippen MR) is 110 cm³/mol. The molecule has 0 unspecified atom stereocenters. The average molecular weight is 457 g/mol. The van der Waals surface area contributed by atoms with Crippen LogP contribution in [0.3, 0.4) is 0 Å². The first-order valence-corrected chi connectivity index (χ1v) is 11.3. The summed E-state index contributed by atoms with van der Waals surface area (Å²) in [6.07, 6.45) is 0.863. The molecule has 1 aliphatic heterocycles. The zero-order valence-electron chi connectivity index (χ0n) is 15.1. The molecule has 2 heterocycles. The van der Waals surface area contributed by atoms with E-state index in [0.29, 0.717) is 24.8 Å². The molecule has 0 saturated carbocycles. The van der Waals surface area contributed by atoms with E-state index in [-0.39, 0.29) is 10.7 Å². The summed E-state index contributed by atoms with van der Waals surface area (Å²) in [7, 11) is -4.85. The molecule has 2 aromatic carbocycles. The van der Waals surface area contributed by atoms with Crippen molar-refractivity contribution in [3.63, 3.8) is 0 Å². The molecule has 0 amide bonds. The molecule has 0 atom stereocenters. The smallest absolute Gasteiger partial charge is 0.361 e. The van der Waals surface area contributed by atoms with Gasteiger partial charge in [0.25, 0.3) is 10.0 Å². The fourth-order valence-electron chi connectivity index (χ4n) is 2.88. The Hall–Kier alpha value is -2.23. The lowest BCUT2D eigenvalue weighted by Crippen LogP contribution is -2.31. The number of sulfonamides is 1. The molecule has 29 heavy (non-hydrogen) atoms. The minimum absolute atomic E-state index is 0.0469. The number of anilines is 1. The highest BCUT2D eigenvalue weighted by Crippen LogP contribution is 2.36. The van der Waals surface area contributed by atoms with Crippen molar-refractivity contribution in [1.82, 2.24) is 4.98 Å². The van der Waals surface area contributed by atoms with Gasteiger partial charge in [-0.15, -0.1) is 11.3 Å². The van der Waals surface area contributed by atoms with Gasteiger partial charge < -0.3 is 4.74 Å². The number of hydrogen-bond acceptors (Lipinski definition) is 5. The summed E-state index contributed by atoms with van der Waals surface area (Å²) in [5.74, 6) is 0.893. The first-order valence-electron chi connectivity index (χ1n) is 8.56. The van der Waals surface area contributed by atoms with Gasteiger partial charge in [-0.25, -0.2) is 13.4 Å². The van der Waals surface area contributed by atoms with E-state index in [1.54, 1.807) is 6.07 Å². The monoisotopic (exact) mass is 456 g/mol. The predicted octanol–water partition coefficient (Wildman–Crippen LogP) is 5.42. The zero-order valence-corrected chi connectivity index (χ0v) is 17.5. The van der Waals surface area contributed by atoms with E-state index in [1.165, 1.54) is 23.5 Å². The summed E-state index contributed by atoms with van der Waals surface area (Å²) in [5.41, 5.74) is 3.25. The molecule has 0 radical (unpaired) electrons. The fraction of sp³-hybridized carbons (Fsp3) is 0.211. The molecule has 0 fully saturated rings. The molecule has 3 aromatic rings. The standard InChI is InChI=1S/C19H15ClF2N2O3S2/c1-19(21,22)29(25,26)24-13-3-4-14(15(20)9-13)16-10-28-18(23-16)12-2-5-17-11(8-12)6-7-27-17/h2-5,8-10,24H,6-7H2,1H3. The normalized spacial score (nSPS) is 13.8. The number of nitrogens with one attached hydrogen (secondary N) is 1. The van der Waals surface area contributed by atoms with Gasteiger partial charge in [-0.2, -0.15) is 8.78 Å². The van der Waals surface area contributed by atoms with Gasteiger partial charge in [0.2, 0.25) is 0 Å². The molecular weight excluding hydrogens is 442 g/mol. The molecule has 1 aromatic heterocycles. The number of benzene rings is 2. The van der Waals surface area contributed by atoms with Crippen LogP contribution in [-0.2, 0) is 16.4 Å². The Morgan fingerprint density at radius 2 is 2.03 bits per heavy atom. The fourth-order valence-corrected chi connectivity index (χ4v) is 4.59. The van der Waals surface area contributed by atoms with E-state index in [4.69, 9.17) is 16.3 Å². The number of aromatic nitrogens is 1. The van der Waals surface area contributed by atoms with Gasteiger partial charge in [0.1, 0.15) is 10.8 Å². The second-order valence-electron chi connectivity index (χ2n) is 6.57. The van der Waals surface area contributed by atoms with Crippen molar-refractivity contribution in [2.24, 2.45) is 0 Å². The summed E-state index contributed by atoms with van der Waals surface area (Å²) in [5, 5.41) is -1.07. The molecule has 10 heteroatoms. The van der Waals surface area contributed by atoms with Crippen LogP contribution >= 0.6 is 22.9 Å². The Morgan fingerprint density at radius 1 is 1.24 bits per heavy atom. The maximum absolute atomic E-state index is 13.2. The van der Waals surface area contributed by atoms with E-state index in [1.807, 2.05) is 22.2 Å². The number of rotatable bonds is 5. The quantitative estimate of drug-likeness (QED) is 0.556. The lowest BCUT2D eigenvalue weighted by molar-refractivity contribution is 0.115. The Balaban J connectivity index is 1.60. The number of alkyl halides is 2. The summed E-state index contributed by atoms with van der Waals surface area (Å²) in [6, 6.07) is 10.1. The van der Waals surface area contributed by atoms with Crippen molar-refractivity contribution in [2.75, 3.05) is 11.3 Å². The molecule has 5 nitrogen and oxygen atoms in total. The first kappa shape index (κ1) is 20.1. The van der Waals surface area contributed by atoms with Crippen LogP contribution in [0.15, 0.2) is 41.8 Å². The number of thiazole rings is 1. The number of halogens is 3. The minimum Gasteiger partial charge on any atom is -0.493 e. The highest BCUT2D eigenvalue weighted by molar-refractivity contribution is 7.93. The van der Waals surface area contributed by atoms with E-state index >= 15 is 0 Å². The molecular formula is C19H15ClF2N2O3S2. The lowest BCUT2D eigenvalue weighted by Gasteiger charge is -2.14. The number of fused-ring (bicyclic) bond motifs is 1. The van der Waals surface area contributed by atoms with Gasteiger partial charge in [0.05, 0.1) is 23.0 Å². The molecule has 1 N–H and O–H groups in total. The Bertz CT molecular complexity index is 1190. The van der Waals surface area contributed by atoms with E-state index in [9.17, 15) is 17.2 Å². The van der Waals surface area contributed by atoms with Gasteiger partial charge in [0, 0.05) is 29.9 Å².